The van der Waals surface area contributed by atoms with E-state index in [9.17, 15) is 14.0 Å². The van der Waals surface area contributed by atoms with Crippen molar-refractivity contribution >= 4 is 34.5 Å². The quantitative estimate of drug-likeness (QED) is 0.379. The summed E-state index contributed by atoms with van der Waals surface area (Å²) in [5.74, 6) is -0.137. The van der Waals surface area contributed by atoms with Crippen molar-refractivity contribution in [3.05, 3.63) is 91.3 Å². The molecule has 0 bridgehead atoms. The second-order valence-electron chi connectivity index (χ2n) is 7.50. The molecule has 166 valence electrons. The maximum Gasteiger partial charge on any atom is 0.332 e. The number of halogens is 2. The minimum atomic E-state index is -0.440. The molecule has 4 rings (SSSR count). The fraction of sp³-hybridized carbons (Fsp3) is 0.261. The normalized spacial score (nSPS) is 11.4. The number of rotatable bonds is 7. The summed E-state index contributed by atoms with van der Waals surface area (Å²) in [5, 5.41) is 0.887. The van der Waals surface area contributed by atoms with Crippen LogP contribution in [0.2, 0.25) is 5.02 Å². The molecule has 4 aromatic rings. The fourth-order valence-electron chi connectivity index (χ4n) is 3.64. The van der Waals surface area contributed by atoms with Crippen molar-refractivity contribution in [1.82, 2.24) is 18.7 Å². The number of fused-ring (bicyclic) bond motifs is 1. The lowest BCUT2D eigenvalue weighted by atomic mass is 10.1. The van der Waals surface area contributed by atoms with E-state index in [4.69, 9.17) is 11.6 Å². The van der Waals surface area contributed by atoms with Crippen LogP contribution in [0.25, 0.3) is 11.2 Å². The first kappa shape index (κ1) is 22.4. The van der Waals surface area contributed by atoms with Crippen LogP contribution in [0.5, 0.6) is 0 Å². The maximum atomic E-state index is 14.3. The summed E-state index contributed by atoms with van der Waals surface area (Å²) in [6, 6.07) is 14.6. The fourth-order valence-corrected chi connectivity index (χ4v) is 5.00. The predicted molar refractivity (Wildman–Crippen MR) is 126 cm³/mol. The monoisotopic (exact) mass is 472 g/mol. The zero-order chi connectivity index (χ0) is 22.8. The van der Waals surface area contributed by atoms with E-state index in [1.54, 1.807) is 19.2 Å². The van der Waals surface area contributed by atoms with E-state index in [0.717, 1.165) is 17.4 Å². The molecular formula is C23H22ClFN4O2S. The Balaban J connectivity index is 1.72. The van der Waals surface area contributed by atoms with E-state index in [0.29, 0.717) is 33.5 Å². The van der Waals surface area contributed by atoms with Crippen LogP contribution in [0, 0.1) is 5.82 Å². The Morgan fingerprint density at radius 2 is 1.78 bits per heavy atom. The highest BCUT2D eigenvalue weighted by molar-refractivity contribution is 7.98. The molecule has 2 aromatic carbocycles. The molecule has 6 nitrogen and oxygen atoms in total. The molecule has 0 unspecified atom stereocenters. The van der Waals surface area contributed by atoms with E-state index >= 15 is 0 Å². The van der Waals surface area contributed by atoms with Crippen molar-refractivity contribution in [2.75, 3.05) is 0 Å². The zero-order valence-corrected chi connectivity index (χ0v) is 19.3. The van der Waals surface area contributed by atoms with Crippen molar-refractivity contribution in [3.8, 4) is 0 Å². The largest absolute Gasteiger partial charge is 0.332 e. The molecule has 0 spiro atoms. The highest BCUT2D eigenvalue weighted by atomic mass is 35.5. The first-order valence-corrected chi connectivity index (χ1v) is 11.5. The van der Waals surface area contributed by atoms with E-state index in [2.05, 4.69) is 17.1 Å². The van der Waals surface area contributed by atoms with Gasteiger partial charge in [0.25, 0.3) is 5.56 Å². The predicted octanol–water partition coefficient (Wildman–Crippen LogP) is 4.15. The van der Waals surface area contributed by atoms with Gasteiger partial charge in [0, 0.05) is 37.0 Å². The van der Waals surface area contributed by atoms with Crippen molar-refractivity contribution in [1.29, 1.82) is 0 Å². The van der Waals surface area contributed by atoms with Crippen LogP contribution in [-0.2, 0) is 32.8 Å². The molecule has 0 fully saturated rings. The number of hydrogen-bond donors (Lipinski definition) is 0. The molecule has 0 aliphatic heterocycles. The molecule has 0 aliphatic carbocycles. The summed E-state index contributed by atoms with van der Waals surface area (Å²) >= 11 is 7.47. The van der Waals surface area contributed by atoms with Gasteiger partial charge in [-0.2, -0.15) is 0 Å². The summed E-state index contributed by atoms with van der Waals surface area (Å²) in [5.41, 5.74) is 1.43. The van der Waals surface area contributed by atoms with Crippen molar-refractivity contribution in [2.24, 2.45) is 14.1 Å². The van der Waals surface area contributed by atoms with Gasteiger partial charge in [-0.3, -0.25) is 13.9 Å². The Morgan fingerprint density at radius 1 is 1.03 bits per heavy atom. The summed E-state index contributed by atoms with van der Waals surface area (Å²) in [6.07, 6.45) is 1.60. The third kappa shape index (κ3) is 4.25. The maximum absolute atomic E-state index is 14.3. The number of aromatic nitrogens is 4. The minimum absolute atomic E-state index is 0.252. The van der Waals surface area contributed by atoms with Crippen LogP contribution in [0.3, 0.4) is 0 Å². The van der Waals surface area contributed by atoms with Crippen LogP contribution < -0.4 is 11.2 Å². The highest BCUT2D eigenvalue weighted by Gasteiger charge is 2.20. The number of thioether (sulfide) groups is 1. The smallest absolute Gasteiger partial charge is 0.313 e. The lowest BCUT2D eigenvalue weighted by Gasteiger charge is -2.10. The van der Waals surface area contributed by atoms with Crippen molar-refractivity contribution in [3.63, 3.8) is 0 Å². The first-order chi connectivity index (χ1) is 15.4. The Hall–Kier alpha value is -2.84. The minimum Gasteiger partial charge on any atom is -0.313 e. The molecule has 32 heavy (non-hydrogen) atoms. The Kier molecular flexibility index (Phi) is 6.53. The molecule has 0 amide bonds. The van der Waals surface area contributed by atoms with E-state index in [1.165, 1.54) is 35.0 Å². The average Bonchev–Trinajstić information content (AvgIpc) is 3.15. The van der Waals surface area contributed by atoms with E-state index < -0.39 is 11.2 Å². The average molecular weight is 473 g/mol. The van der Waals surface area contributed by atoms with E-state index in [1.807, 2.05) is 22.8 Å². The SMILES string of the molecule is Cn1c(=O)c2c(nc(SCc3c(F)cccc3Cl)n2CCCc2ccccc2)n(C)c1=O. The third-order valence-corrected chi connectivity index (χ3v) is 6.77. The number of benzene rings is 2. The third-order valence-electron chi connectivity index (χ3n) is 5.41. The lowest BCUT2D eigenvalue weighted by Crippen LogP contribution is -2.37. The standard InChI is InChI=1S/C23H22ClFN4O2S/c1-27-20-19(21(30)28(2)23(27)31)29(13-7-10-15-8-4-3-5-9-15)22(26-20)32-14-16-17(24)11-6-12-18(16)25/h3-6,8-9,11-12H,7,10,13-14H2,1-2H3. The van der Waals surface area contributed by atoms with Crippen LogP contribution in [0.1, 0.15) is 17.5 Å². The summed E-state index contributed by atoms with van der Waals surface area (Å²) in [6.45, 7) is 0.534. The molecule has 0 aliphatic rings. The van der Waals surface area contributed by atoms with Gasteiger partial charge in [0.2, 0.25) is 0 Å². The second-order valence-corrected chi connectivity index (χ2v) is 8.85. The summed E-state index contributed by atoms with van der Waals surface area (Å²) in [4.78, 5) is 29.9. The van der Waals surface area contributed by atoms with Gasteiger partial charge in [0.05, 0.1) is 0 Å². The molecule has 0 saturated carbocycles. The molecule has 2 aromatic heterocycles. The molecule has 0 N–H and O–H groups in total. The summed E-state index contributed by atoms with van der Waals surface area (Å²) in [7, 11) is 3.05. The van der Waals surface area contributed by atoms with Gasteiger partial charge in [0.1, 0.15) is 5.82 Å². The van der Waals surface area contributed by atoms with Gasteiger partial charge >= 0.3 is 5.69 Å². The second kappa shape index (κ2) is 9.34. The van der Waals surface area contributed by atoms with Gasteiger partial charge in [-0.25, -0.2) is 14.2 Å². The number of hydrogen-bond acceptors (Lipinski definition) is 4. The molecule has 9 heteroatoms. The number of aryl methyl sites for hydroxylation is 3. The van der Waals surface area contributed by atoms with E-state index in [-0.39, 0.29) is 11.6 Å². The van der Waals surface area contributed by atoms with Gasteiger partial charge in [-0.15, -0.1) is 0 Å². The molecule has 0 radical (unpaired) electrons. The molecule has 0 atom stereocenters. The topological polar surface area (TPSA) is 61.8 Å². The molecule has 0 saturated heterocycles. The van der Waals surface area contributed by atoms with Crippen LogP contribution in [0.4, 0.5) is 4.39 Å². The Labute approximate surface area is 193 Å². The van der Waals surface area contributed by atoms with Gasteiger partial charge in [-0.1, -0.05) is 59.8 Å². The van der Waals surface area contributed by atoms with Crippen molar-refractivity contribution < 1.29 is 4.39 Å². The summed E-state index contributed by atoms with van der Waals surface area (Å²) < 4.78 is 18.5. The Bertz CT molecular complexity index is 1380. The molecule has 2 heterocycles. The lowest BCUT2D eigenvalue weighted by molar-refractivity contribution is 0.604. The van der Waals surface area contributed by atoms with Crippen LogP contribution >= 0.6 is 23.4 Å². The first-order valence-electron chi connectivity index (χ1n) is 10.1. The molecular weight excluding hydrogens is 451 g/mol. The van der Waals surface area contributed by atoms with Gasteiger partial charge in [0.15, 0.2) is 16.3 Å². The zero-order valence-electron chi connectivity index (χ0n) is 17.7. The Morgan fingerprint density at radius 3 is 2.50 bits per heavy atom. The van der Waals surface area contributed by atoms with Crippen molar-refractivity contribution in [2.45, 2.75) is 30.3 Å². The van der Waals surface area contributed by atoms with Crippen LogP contribution in [0.15, 0.2) is 63.3 Å². The van der Waals surface area contributed by atoms with Gasteiger partial charge < -0.3 is 4.57 Å². The van der Waals surface area contributed by atoms with Crippen LogP contribution in [-0.4, -0.2) is 18.7 Å². The number of nitrogens with zero attached hydrogens (tertiary/aromatic N) is 4. The highest BCUT2D eigenvalue weighted by Crippen LogP contribution is 2.29. The van der Waals surface area contributed by atoms with Gasteiger partial charge in [-0.05, 0) is 30.5 Å². The number of imidazole rings is 1.